The maximum atomic E-state index is 12.6. The molecule has 0 radical (unpaired) electrons. The van der Waals surface area contributed by atoms with Crippen LogP contribution in [-0.2, 0) is 4.79 Å². The second kappa shape index (κ2) is 10.6. The van der Waals surface area contributed by atoms with Crippen molar-refractivity contribution in [2.75, 3.05) is 0 Å². The molecule has 0 heterocycles. The van der Waals surface area contributed by atoms with Gasteiger partial charge in [0.05, 0.1) is 18.4 Å². The molecule has 0 aromatic heterocycles. The SMILES string of the molecule is CC(C)CC(NC(=O)CC(NC(=O)c1ccccc1)c1ccccc1)B(O)O. The number of rotatable bonds is 9. The van der Waals surface area contributed by atoms with E-state index >= 15 is 0 Å². The molecule has 2 atom stereocenters. The molecule has 0 aliphatic carbocycles. The Morgan fingerprint density at radius 1 is 0.929 bits per heavy atom. The van der Waals surface area contributed by atoms with Crippen LogP contribution >= 0.6 is 0 Å². The van der Waals surface area contributed by atoms with Crippen LogP contribution in [0.4, 0.5) is 0 Å². The van der Waals surface area contributed by atoms with E-state index in [0.717, 1.165) is 5.56 Å². The van der Waals surface area contributed by atoms with E-state index < -0.39 is 19.1 Å². The predicted octanol–water partition coefficient (Wildman–Crippen LogP) is 2.09. The molecule has 2 aromatic carbocycles. The van der Waals surface area contributed by atoms with E-state index in [1.807, 2.05) is 50.2 Å². The van der Waals surface area contributed by atoms with E-state index in [1.54, 1.807) is 24.3 Å². The first kappa shape index (κ1) is 21.7. The zero-order valence-electron chi connectivity index (χ0n) is 16.2. The summed E-state index contributed by atoms with van der Waals surface area (Å²) in [6.45, 7) is 3.88. The average Bonchev–Trinajstić information content (AvgIpc) is 2.67. The topological polar surface area (TPSA) is 98.7 Å². The van der Waals surface area contributed by atoms with Crippen molar-refractivity contribution in [3.05, 3.63) is 71.8 Å². The molecular weight excluding hydrogens is 355 g/mol. The van der Waals surface area contributed by atoms with Crippen molar-refractivity contribution in [3.63, 3.8) is 0 Å². The summed E-state index contributed by atoms with van der Waals surface area (Å²) in [6, 6.07) is 17.5. The van der Waals surface area contributed by atoms with E-state index in [0.29, 0.717) is 12.0 Å². The van der Waals surface area contributed by atoms with Crippen LogP contribution in [-0.4, -0.2) is 34.9 Å². The number of carbonyl (C=O) groups is 2. The molecular formula is C21H27BN2O4. The fourth-order valence-electron chi connectivity index (χ4n) is 2.98. The summed E-state index contributed by atoms with van der Waals surface area (Å²) in [7, 11) is -1.64. The molecule has 0 aliphatic heterocycles. The third kappa shape index (κ3) is 6.83. The summed E-state index contributed by atoms with van der Waals surface area (Å²) < 4.78 is 0. The van der Waals surface area contributed by atoms with Gasteiger partial charge < -0.3 is 20.7 Å². The van der Waals surface area contributed by atoms with Crippen molar-refractivity contribution in [1.29, 1.82) is 0 Å². The van der Waals surface area contributed by atoms with Crippen molar-refractivity contribution in [3.8, 4) is 0 Å². The average molecular weight is 382 g/mol. The van der Waals surface area contributed by atoms with E-state index in [4.69, 9.17) is 0 Å². The molecule has 0 bridgehead atoms. The van der Waals surface area contributed by atoms with Crippen LogP contribution in [0, 0.1) is 5.92 Å². The lowest BCUT2D eigenvalue weighted by Crippen LogP contribution is -2.48. The standard InChI is InChI=1S/C21H27BN2O4/c1-15(2)13-19(22(27)28)24-20(25)14-18(16-9-5-3-6-10-16)23-21(26)17-11-7-4-8-12-17/h3-12,15,18-19,27-28H,13-14H2,1-2H3,(H,23,26)(H,24,25). The third-order valence-corrected chi connectivity index (χ3v) is 4.36. The largest absolute Gasteiger partial charge is 0.475 e. The zero-order valence-corrected chi connectivity index (χ0v) is 16.2. The van der Waals surface area contributed by atoms with Gasteiger partial charge in [0, 0.05) is 5.56 Å². The number of hydrogen-bond acceptors (Lipinski definition) is 4. The molecule has 148 valence electrons. The molecule has 0 aliphatic rings. The van der Waals surface area contributed by atoms with Crippen LogP contribution < -0.4 is 10.6 Å². The van der Waals surface area contributed by atoms with Gasteiger partial charge in [-0.25, -0.2) is 0 Å². The Morgan fingerprint density at radius 3 is 2.04 bits per heavy atom. The normalized spacial score (nSPS) is 12.9. The van der Waals surface area contributed by atoms with Gasteiger partial charge in [0.1, 0.15) is 0 Å². The molecule has 0 saturated heterocycles. The van der Waals surface area contributed by atoms with Crippen molar-refractivity contribution < 1.29 is 19.6 Å². The summed E-state index contributed by atoms with van der Waals surface area (Å²) in [4.78, 5) is 25.1. The molecule has 2 rings (SSSR count). The van der Waals surface area contributed by atoms with Crippen LogP contribution in [0.2, 0.25) is 0 Å². The highest BCUT2D eigenvalue weighted by molar-refractivity contribution is 6.43. The molecule has 2 amide bonds. The Kier molecular flexibility index (Phi) is 8.23. The summed E-state index contributed by atoms with van der Waals surface area (Å²) in [5.74, 6) is -1.20. The summed E-state index contributed by atoms with van der Waals surface area (Å²) >= 11 is 0. The van der Waals surface area contributed by atoms with Gasteiger partial charge in [-0.3, -0.25) is 9.59 Å². The molecule has 6 nitrogen and oxygen atoms in total. The van der Waals surface area contributed by atoms with Gasteiger partial charge >= 0.3 is 7.12 Å². The van der Waals surface area contributed by atoms with Gasteiger partial charge in [-0.1, -0.05) is 62.4 Å². The number of benzene rings is 2. The minimum atomic E-state index is -1.64. The zero-order chi connectivity index (χ0) is 20.5. The second-order valence-corrected chi connectivity index (χ2v) is 7.22. The Labute approximate surface area is 166 Å². The van der Waals surface area contributed by atoms with Crippen LogP contribution in [0.25, 0.3) is 0 Å². The van der Waals surface area contributed by atoms with Crippen LogP contribution in [0.1, 0.15) is 48.7 Å². The molecule has 2 unspecified atom stereocenters. The Balaban J connectivity index is 2.11. The fraction of sp³-hybridized carbons (Fsp3) is 0.333. The first-order valence-corrected chi connectivity index (χ1v) is 9.43. The highest BCUT2D eigenvalue weighted by Crippen LogP contribution is 2.18. The van der Waals surface area contributed by atoms with E-state index in [-0.39, 0.29) is 24.2 Å². The van der Waals surface area contributed by atoms with Crippen LogP contribution in [0.5, 0.6) is 0 Å². The van der Waals surface area contributed by atoms with E-state index in [2.05, 4.69) is 10.6 Å². The maximum Gasteiger partial charge on any atom is 0.475 e. The number of amides is 2. The summed E-state index contributed by atoms with van der Waals surface area (Å²) in [5.41, 5.74) is 1.30. The van der Waals surface area contributed by atoms with Gasteiger partial charge in [0.2, 0.25) is 5.91 Å². The highest BCUT2D eigenvalue weighted by atomic mass is 16.4. The van der Waals surface area contributed by atoms with Gasteiger partial charge in [-0.05, 0) is 30.0 Å². The molecule has 7 heteroatoms. The smallest absolute Gasteiger partial charge is 0.426 e. The molecule has 0 fully saturated rings. The van der Waals surface area contributed by atoms with Gasteiger partial charge in [0.25, 0.3) is 5.91 Å². The minimum Gasteiger partial charge on any atom is -0.426 e. The van der Waals surface area contributed by atoms with Crippen LogP contribution in [0.3, 0.4) is 0 Å². The molecule has 28 heavy (non-hydrogen) atoms. The lowest BCUT2D eigenvalue weighted by molar-refractivity contribution is -0.122. The third-order valence-electron chi connectivity index (χ3n) is 4.36. The Bertz CT molecular complexity index is 754. The maximum absolute atomic E-state index is 12.6. The molecule has 0 spiro atoms. The van der Waals surface area contributed by atoms with Crippen molar-refractivity contribution in [2.45, 2.75) is 38.7 Å². The van der Waals surface area contributed by atoms with E-state index in [9.17, 15) is 19.6 Å². The van der Waals surface area contributed by atoms with Crippen molar-refractivity contribution >= 4 is 18.9 Å². The minimum absolute atomic E-state index is 0.0100. The predicted molar refractivity (Wildman–Crippen MR) is 109 cm³/mol. The number of nitrogens with one attached hydrogen (secondary N) is 2. The summed E-state index contributed by atoms with van der Waals surface area (Å²) in [5, 5.41) is 24.6. The Morgan fingerprint density at radius 2 is 1.50 bits per heavy atom. The van der Waals surface area contributed by atoms with Crippen molar-refractivity contribution in [2.24, 2.45) is 5.92 Å². The molecule has 2 aromatic rings. The number of carbonyl (C=O) groups excluding carboxylic acids is 2. The molecule has 0 saturated carbocycles. The monoisotopic (exact) mass is 382 g/mol. The van der Waals surface area contributed by atoms with Gasteiger partial charge in [0.15, 0.2) is 0 Å². The quantitative estimate of drug-likeness (QED) is 0.499. The number of hydrogen-bond donors (Lipinski definition) is 4. The first-order chi connectivity index (χ1) is 13.4. The Hall–Kier alpha value is -2.64. The molecule has 4 N–H and O–H groups in total. The van der Waals surface area contributed by atoms with Crippen molar-refractivity contribution in [1.82, 2.24) is 10.6 Å². The second-order valence-electron chi connectivity index (χ2n) is 7.22. The fourth-order valence-corrected chi connectivity index (χ4v) is 2.98. The first-order valence-electron chi connectivity index (χ1n) is 9.43. The highest BCUT2D eigenvalue weighted by Gasteiger charge is 2.27. The summed E-state index contributed by atoms with van der Waals surface area (Å²) in [6.07, 6.45) is 0.430. The lowest BCUT2D eigenvalue weighted by Gasteiger charge is -2.23. The van der Waals surface area contributed by atoms with Gasteiger partial charge in [-0.2, -0.15) is 0 Å². The van der Waals surface area contributed by atoms with Crippen LogP contribution in [0.15, 0.2) is 60.7 Å². The van der Waals surface area contributed by atoms with E-state index in [1.165, 1.54) is 0 Å². The van der Waals surface area contributed by atoms with Gasteiger partial charge in [-0.15, -0.1) is 0 Å². The lowest BCUT2D eigenvalue weighted by atomic mass is 9.75.